The van der Waals surface area contributed by atoms with Crippen molar-refractivity contribution in [1.29, 1.82) is 0 Å². The van der Waals surface area contributed by atoms with Crippen LogP contribution in [0.5, 0.6) is 17.2 Å². The Labute approximate surface area is 202 Å². The van der Waals surface area contributed by atoms with Crippen LogP contribution in [0.25, 0.3) is 0 Å². The van der Waals surface area contributed by atoms with E-state index in [1.165, 1.54) is 40.3 Å². The summed E-state index contributed by atoms with van der Waals surface area (Å²) in [6, 6.07) is 4.41. The zero-order chi connectivity index (χ0) is 25.0. The van der Waals surface area contributed by atoms with E-state index in [1.807, 2.05) is 11.9 Å². The lowest BCUT2D eigenvalue weighted by Gasteiger charge is -2.28. The first-order chi connectivity index (χ1) is 16.2. The van der Waals surface area contributed by atoms with Crippen molar-refractivity contribution in [3.05, 3.63) is 46.2 Å². The Morgan fingerprint density at radius 1 is 1.18 bits per heavy atom. The monoisotopic (exact) mass is 490 g/mol. The van der Waals surface area contributed by atoms with Gasteiger partial charge in [0, 0.05) is 30.7 Å². The molecule has 1 aromatic heterocycles. The normalized spacial score (nSPS) is 17.8. The molecule has 2 aromatic rings. The number of benzene rings is 1. The van der Waals surface area contributed by atoms with Crippen LogP contribution in [-0.4, -0.2) is 68.1 Å². The van der Waals surface area contributed by atoms with E-state index in [4.69, 9.17) is 30.5 Å². The number of carbonyl (C=O) groups excluding carboxylic acids is 3. The lowest BCUT2D eigenvalue weighted by atomic mass is 9.87. The first-order valence-corrected chi connectivity index (χ1v) is 11.0. The minimum Gasteiger partial charge on any atom is -0.496 e. The van der Waals surface area contributed by atoms with Crippen molar-refractivity contribution >= 4 is 29.3 Å². The third-order valence-electron chi connectivity index (χ3n) is 5.86. The number of nitrogens with zero attached hydrogens (tertiary/aromatic N) is 2. The highest BCUT2D eigenvalue weighted by atomic mass is 35.5. The molecule has 0 amide bonds. The van der Waals surface area contributed by atoms with Gasteiger partial charge in [-0.1, -0.05) is 11.6 Å². The molecule has 0 bridgehead atoms. The molecule has 1 aromatic carbocycles. The molecule has 182 valence electrons. The predicted molar refractivity (Wildman–Crippen MR) is 124 cm³/mol. The van der Waals surface area contributed by atoms with Crippen molar-refractivity contribution in [3.63, 3.8) is 0 Å². The number of likely N-dealkylation sites (tertiary alicyclic amines) is 1. The van der Waals surface area contributed by atoms with Crippen LogP contribution in [-0.2, 0) is 9.53 Å². The quantitative estimate of drug-likeness (QED) is 0.238. The second kappa shape index (κ2) is 10.8. The van der Waals surface area contributed by atoms with Gasteiger partial charge in [-0.3, -0.25) is 14.5 Å². The molecule has 1 saturated heterocycles. The van der Waals surface area contributed by atoms with E-state index >= 15 is 0 Å². The second-order valence-electron chi connectivity index (χ2n) is 7.93. The van der Waals surface area contributed by atoms with Gasteiger partial charge in [-0.2, -0.15) is 0 Å². The molecule has 1 aliphatic rings. The van der Waals surface area contributed by atoms with Crippen LogP contribution in [0.3, 0.4) is 0 Å². The lowest BCUT2D eigenvalue weighted by Crippen LogP contribution is -2.34. The van der Waals surface area contributed by atoms with Gasteiger partial charge < -0.3 is 18.9 Å². The molecule has 0 spiro atoms. The van der Waals surface area contributed by atoms with Gasteiger partial charge in [0.25, 0.3) is 0 Å². The van der Waals surface area contributed by atoms with Crippen LogP contribution in [0.1, 0.15) is 52.5 Å². The summed E-state index contributed by atoms with van der Waals surface area (Å²) in [4.78, 5) is 43.3. The van der Waals surface area contributed by atoms with Crippen LogP contribution in [0.15, 0.2) is 24.4 Å². The van der Waals surface area contributed by atoms with Gasteiger partial charge >= 0.3 is 11.9 Å². The topological polar surface area (TPSA) is 104 Å². The Bertz CT molecular complexity index is 1100. The fourth-order valence-electron chi connectivity index (χ4n) is 4.22. The molecular weight excluding hydrogens is 464 g/mol. The number of esters is 2. The van der Waals surface area contributed by atoms with E-state index in [-0.39, 0.29) is 52.1 Å². The number of hydrogen-bond donors (Lipinski definition) is 0. The molecule has 9 nitrogen and oxygen atoms in total. The molecule has 2 heterocycles. The van der Waals surface area contributed by atoms with Gasteiger partial charge in [0.1, 0.15) is 28.8 Å². The van der Waals surface area contributed by atoms with Crippen LogP contribution >= 0.6 is 11.6 Å². The van der Waals surface area contributed by atoms with Crippen LogP contribution in [0.4, 0.5) is 0 Å². The summed E-state index contributed by atoms with van der Waals surface area (Å²) >= 11 is 6.10. The molecule has 10 heteroatoms. The van der Waals surface area contributed by atoms with Crippen LogP contribution in [0.2, 0.25) is 5.15 Å². The largest absolute Gasteiger partial charge is 0.496 e. The van der Waals surface area contributed by atoms with E-state index < -0.39 is 11.9 Å². The van der Waals surface area contributed by atoms with Crippen LogP contribution in [0, 0.1) is 0 Å². The van der Waals surface area contributed by atoms with Gasteiger partial charge in [0.05, 0.1) is 25.8 Å². The van der Waals surface area contributed by atoms with Gasteiger partial charge in [-0.05, 0) is 39.1 Å². The predicted octanol–water partition coefficient (Wildman–Crippen LogP) is 3.52. The number of ether oxygens (including phenoxy) is 4. The molecular formula is C24H27ClN2O7. The van der Waals surface area contributed by atoms with E-state index in [0.717, 1.165) is 0 Å². The molecule has 0 N–H and O–H groups in total. The zero-order valence-corrected chi connectivity index (χ0v) is 20.5. The zero-order valence-electron chi connectivity index (χ0n) is 19.7. The average Bonchev–Trinajstić information content (AvgIpc) is 3.16. The van der Waals surface area contributed by atoms with Crippen molar-refractivity contribution in [2.45, 2.75) is 32.2 Å². The van der Waals surface area contributed by atoms with Crippen molar-refractivity contribution in [2.75, 3.05) is 34.4 Å². The maximum atomic E-state index is 13.1. The van der Waals surface area contributed by atoms with Crippen molar-refractivity contribution in [3.8, 4) is 17.2 Å². The van der Waals surface area contributed by atoms with E-state index in [0.29, 0.717) is 24.3 Å². The van der Waals surface area contributed by atoms with Gasteiger partial charge in [0.15, 0.2) is 11.5 Å². The first-order valence-electron chi connectivity index (χ1n) is 10.7. The molecule has 1 fully saturated rings. The Balaban J connectivity index is 2.20. The second-order valence-corrected chi connectivity index (χ2v) is 8.29. The number of rotatable bonds is 8. The maximum absolute atomic E-state index is 13.1. The molecule has 0 radical (unpaired) electrons. The summed E-state index contributed by atoms with van der Waals surface area (Å²) in [7, 11) is 4.81. The Morgan fingerprint density at radius 3 is 2.47 bits per heavy atom. The van der Waals surface area contributed by atoms with Gasteiger partial charge in [-0.15, -0.1) is 0 Å². The highest BCUT2D eigenvalue weighted by molar-refractivity contribution is 6.32. The number of halogens is 1. The average molecular weight is 491 g/mol. The van der Waals surface area contributed by atoms with E-state index in [9.17, 15) is 14.4 Å². The minimum absolute atomic E-state index is 0.0263. The van der Waals surface area contributed by atoms with Gasteiger partial charge in [0.2, 0.25) is 0 Å². The summed E-state index contributed by atoms with van der Waals surface area (Å²) in [6.07, 6.45) is 2.11. The fraction of sp³-hybridized carbons (Fsp3) is 0.417. The smallest absolute Gasteiger partial charge is 0.346 e. The van der Waals surface area contributed by atoms with E-state index in [1.54, 1.807) is 12.1 Å². The SMILES string of the molecule is COc1cc(OC)c(C2CCN(C)[C@@H]2COC(C)=O)c(OC(=O)c2cccnc2Cl)c1C(C)=O. The third-order valence-corrected chi connectivity index (χ3v) is 6.16. The highest BCUT2D eigenvalue weighted by Crippen LogP contribution is 2.48. The Hall–Kier alpha value is -3.17. The minimum atomic E-state index is -0.778. The third kappa shape index (κ3) is 5.15. The molecule has 0 aliphatic carbocycles. The number of likely N-dealkylation sites (N-methyl/N-ethyl adjacent to an activating group) is 1. The van der Waals surface area contributed by atoms with Gasteiger partial charge in [-0.25, -0.2) is 9.78 Å². The Morgan fingerprint density at radius 2 is 1.88 bits per heavy atom. The van der Waals surface area contributed by atoms with Crippen molar-refractivity contribution in [1.82, 2.24) is 9.88 Å². The summed E-state index contributed by atoms with van der Waals surface area (Å²) in [5.41, 5.74) is 0.669. The number of ketones is 1. The summed E-state index contributed by atoms with van der Waals surface area (Å²) in [5, 5.41) is -0.0263. The first kappa shape index (κ1) is 25.5. The number of methoxy groups -OCH3 is 2. The number of aromatic nitrogens is 1. The lowest BCUT2D eigenvalue weighted by molar-refractivity contribution is -0.142. The number of pyridine rings is 1. The highest BCUT2D eigenvalue weighted by Gasteiger charge is 2.40. The molecule has 2 atom stereocenters. The van der Waals surface area contributed by atoms with Crippen molar-refractivity contribution in [2.24, 2.45) is 0 Å². The molecule has 1 aliphatic heterocycles. The molecule has 0 saturated carbocycles. The Kier molecular flexibility index (Phi) is 8.11. The summed E-state index contributed by atoms with van der Waals surface area (Å²) in [6.45, 7) is 3.53. The van der Waals surface area contributed by atoms with Crippen molar-refractivity contribution < 1.29 is 33.3 Å². The molecule has 3 rings (SSSR count). The van der Waals surface area contributed by atoms with Crippen LogP contribution < -0.4 is 14.2 Å². The molecule has 1 unspecified atom stereocenters. The maximum Gasteiger partial charge on any atom is 0.346 e. The standard InChI is InChI=1S/C24H27ClN2O7/c1-13(28)20-18(31-4)11-19(32-5)21(15-8-10-27(3)17(15)12-33-14(2)29)22(20)34-24(30)16-7-6-9-26-23(16)25/h6-7,9,11,15,17H,8,10,12H2,1-5H3/t15?,17-/m1/s1. The summed E-state index contributed by atoms with van der Waals surface area (Å²) in [5.74, 6) is -1.19. The molecule has 34 heavy (non-hydrogen) atoms. The van der Waals surface area contributed by atoms with E-state index in [2.05, 4.69) is 4.98 Å². The number of carbonyl (C=O) groups is 3. The number of Topliss-reactive ketones (excluding diaryl/α,β-unsaturated/α-hetero) is 1. The summed E-state index contributed by atoms with van der Waals surface area (Å²) < 4.78 is 22.2. The number of hydrogen-bond acceptors (Lipinski definition) is 9. The fourth-order valence-corrected chi connectivity index (χ4v) is 4.42.